The van der Waals surface area contributed by atoms with Crippen LogP contribution < -0.4 is 0 Å². The van der Waals surface area contributed by atoms with E-state index in [1.54, 1.807) is 18.2 Å². The summed E-state index contributed by atoms with van der Waals surface area (Å²) in [6.45, 7) is 2.17. The predicted octanol–water partition coefficient (Wildman–Crippen LogP) is 1.71. The maximum Gasteiger partial charge on any atom is 0.335 e. The lowest BCUT2D eigenvalue weighted by Gasteiger charge is -1.99. The summed E-state index contributed by atoms with van der Waals surface area (Å²) in [5.41, 5.74) is 1.82. The quantitative estimate of drug-likeness (QED) is 0.831. The van der Waals surface area contributed by atoms with E-state index in [1.807, 2.05) is 4.68 Å². The fraction of sp³-hybridized carbons (Fsp3) is 0.364. The Morgan fingerprint density at radius 3 is 2.94 bits per heavy atom. The van der Waals surface area contributed by atoms with E-state index in [4.69, 9.17) is 5.11 Å². The van der Waals surface area contributed by atoms with Crippen molar-refractivity contribution in [1.82, 2.24) is 15.0 Å². The molecule has 1 aliphatic carbocycles. The van der Waals surface area contributed by atoms with Gasteiger partial charge in [-0.15, -0.1) is 5.10 Å². The molecular formula is C11H11N3O2. The highest BCUT2D eigenvalue weighted by Crippen LogP contribution is 2.43. The van der Waals surface area contributed by atoms with Gasteiger partial charge < -0.3 is 5.11 Å². The molecule has 1 aromatic heterocycles. The number of aromatic carboxylic acids is 1. The van der Waals surface area contributed by atoms with Crippen molar-refractivity contribution in [2.24, 2.45) is 5.92 Å². The minimum absolute atomic E-state index is 0.253. The van der Waals surface area contributed by atoms with Gasteiger partial charge in [0.2, 0.25) is 0 Å². The third-order valence-electron chi connectivity index (χ3n) is 3.10. The summed E-state index contributed by atoms with van der Waals surface area (Å²) in [7, 11) is 0. The summed E-state index contributed by atoms with van der Waals surface area (Å²) in [6, 6.07) is 5.37. The van der Waals surface area contributed by atoms with Crippen molar-refractivity contribution in [3.8, 4) is 0 Å². The van der Waals surface area contributed by atoms with Gasteiger partial charge in [0, 0.05) is 0 Å². The largest absolute Gasteiger partial charge is 0.478 e. The van der Waals surface area contributed by atoms with Crippen molar-refractivity contribution in [2.45, 2.75) is 19.4 Å². The average Bonchev–Trinajstić information content (AvgIpc) is 2.84. The van der Waals surface area contributed by atoms with Gasteiger partial charge in [0.05, 0.1) is 17.1 Å². The highest BCUT2D eigenvalue weighted by molar-refractivity contribution is 5.92. The van der Waals surface area contributed by atoms with E-state index in [0.717, 1.165) is 11.9 Å². The van der Waals surface area contributed by atoms with Crippen LogP contribution in [0.3, 0.4) is 0 Å². The van der Waals surface area contributed by atoms with Crippen LogP contribution in [-0.2, 0) is 0 Å². The van der Waals surface area contributed by atoms with E-state index in [-0.39, 0.29) is 5.56 Å². The number of rotatable bonds is 2. The minimum atomic E-state index is -0.934. The average molecular weight is 217 g/mol. The standard InChI is InChI=1S/C11H11N3O2/c1-6-4-10(6)14-9-3-2-7(11(15)16)5-8(9)12-13-14/h2-3,5-6,10H,4H2,1H3,(H,15,16). The first-order valence-corrected chi connectivity index (χ1v) is 5.25. The molecule has 2 aromatic rings. The van der Waals surface area contributed by atoms with Crippen molar-refractivity contribution < 1.29 is 9.90 Å². The smallest absolute Gasteiger partial charge is 0.335 e. The van der Waals surface area contributed by atoms with Crippen LogP contribution in [0.2, 0.25) is 0 Å². The van der Waals surface area contributed by atoms with Gasteiger partial charge in [-0.25, -0.2) is 9.48 Å². The summed E-state index contributed by atoms with van der Waals surface area (Å²) in [5, 5.41) is 16.9. The summed E-state index contributed by atoms with van der Waals surface area (Å²) in [6.07, 6.45) is 1.12. The maximum atomic E-state index is 10.8. The van der Waals surface area contributed by atoms with E-state index >= 15 is 0 Å². The lowest BCUT2D eigenvalue weighted by molar-refractivity contribution is 0.0697. The molecule has 82 valence electrons. The molecule has 1 heterocycles. The first-order chi connectivity index (χ1) is 7.66. The van der Waals surface area contributed by atoms with Gasteiger partial charge in [-0.2, -0.15) is 0 Å². The molecule has 5 heteroatoms. The number of fused-ring (bicyclic) bond motifs is 1. The lowest BCUT2D eigenvalue weighted by Crippen LogP contribution is -1.98. The van der Waals surface area contributed by atoms with Crippen molar-refractivity contribution in [3.63, 3.8) is 0 Å². The molecular weight excluding hydrogens is 206 g/mol. The molecule has 1 aromatic carbocycles. The third kappa shape index (κ3) is 1.28. The minimum Gasteiger partial charge on any atom is -0.478 e. The molecule has 5 nitrogen and oxygen atoms in total. The van der Waals surface area contributed by atoms with Crippen LogP contribution in [-0.4, -0.2) is 26.1 Å². The molecule has 0 radical (unpaired) electrons. The molecule has 0 spiro atoms. The molecule has 0 aliphatic heterocycles. The zero-order valence-electron chi connectivity index (χ0n) is 8.79. The first kappa shape index (κ1) is 9.33. The maximum absolute atomic E-state index is 10.8. The van der Waals surface area contributed by atoms with Gasteiger partial charge >= 0.3 is 5.97 Å². The monoisotopic (exact) mass is 217 g/mol. The van der Waals surface area contributed by atoms with Gasteiger partial charge in [0.1, 0.15) is 5.52 Å². The Balaban J connectivity index is 2.11. The van der Waals surface area contributed by atoms with Gasteiger partial charge in [-0.3, -0.25) is 0 Å². The van der Waals surface area contributed by atoms with E-state index < -0.39 is 5.97 Å². The Hall–Kier alpha value is -1.91. The van der Waals surface area contributed by atoms with Crippen LogP contribution >= 0.6 is 0 Å². The lowest BCUT2D eigenvalue weighted by atomic mass is 10.2. The zero-order chi connectivity index (χ0) is 11.3. The van der Waals surface area contributed by atoms with E-state index in [2.05, 4.69) is 17.2 Å². The normalized spacial score (nSPS) is 23.6. The van der Waals surface area contributed by atoms with Crippen molar-refractivity contribution in [1.29, 1.82) is 0 Å². The third-order valence-corrected chi connectivity index (χ3v) is 3.10. The summed E-state index contributed by atoms with van der Waals surface area (Å²) in [5.74, 6) is -0.291. The fourth-order valence-corrected chi connectivity index (χ4v) is 1.96. The second-order valence-electron chi connectivity index (χ2n) is 4.32. The Morgan fingerprint density at radius 2 is 2.31 bits per heavy atom. The zero-order valence-corrected chi connectivity index (χ0v) is 8.79. The number of carboxylic acid groups (broad SMARTS) is 1. The molecule has 1 fully saturated rings. The molecule has 0 bridgehead atoms. The van der Waals surface area contributed by atoms with E-state index in [9.17, 15) is 4.79 Å². The SMILES string of the molecule is CC1CC1n1nnc2cc(C(=O)O)ccc21. The van der Waals surface area contributed by atoms with Crippen LogP contribution in [0.15, 0.2) is 18.2 Å². The van der Waals surface area contributed by atoms with Crippen molar-refractivity contribution in [2.75, 3.05) is 0 Å². The topological polar surface area (TPSA) is 68.0 Å². The highest BCUT2D eigenvalue weighted by Gasteiger charge is 2.36. The second kappa shape index (κ2) is 3.04. The molecule has 3 rings (SSSR count). The molecule has 0 saturated heterocycles. The summed E-state index contributed by atoms with van der Waals surface area (Å²) in [4.78, 5) is 10.8. The van der Waals surface area contributed by atoms with E-state index in [1.165, 1.54) is 0 Å². The molecule has 2 atom stereocenters. The fourth-order valence-electron chi connectivity index (χ4n) is 1.96. The molecule has 2 unspecified atom stereocenters. The molecule has 1 saturated carbocycles. The number of aromatic nitrogens is 3. The summed E-state index contributed by atoms with van der Waals surface area (Å²) >= 11 is 0. The molecule has 1 aliphatic rings. The van der Waals surface area contributed by atoms with Crippen LogP contribution in [0.4, 0.5) is 0 Å². The number of carboxylic acids is 1. The van der Waals surface area contributed by atoms with Crippen LogP contribution in [0.5, 0.6) is 0 Å². The highest BCUT2D eigenvalue weighted by atomic mass is 16.4. The number of hydrogen-bond donors (Lipinski definition) is 1. The van der Waals surface area contributed by atoms with Crippen molar-refractivity contribution in [3.05, 3.63) is 23.8 Å². The van der Waals surface area contributed by atoms with Crippen molar-refractivity contribution >= 4 is 17.0 Å². The van der Waals surface area contributed by atoms with Gasteiger partial charge in [0.25, 0.3) is 0 Å². The van der Waals surface area contributed by atoms with Crippen LogP contribution in [0, 0.1) is 5.92 Å². The first-order valence-electron chi connectivity index (χ1n) is 5.25. The number of carbonyl (C=O) groups is 1. The van der Waals surface area contributed by atoms with Crippen LogP contribution in [0.1, 0.15) is 29.7 Å². The summed E-state index contributed by atoms with van der Waals surface area (Å²) < 4.78 is 1.89. The molecule has 16 heavy (non-hydrogen) atoms. The Morgan fingerprint density at radius 1 is 1.56 bits per heavy atom. The Labute approximate surface area is 91.7 Å². The van der Waals surface area contributed by atoms with E-state index in [0.29, 0.717) is 17.5 Å². The second-order valence-corrected chi connectivity index (χ2v) is 4.32. The Bertz CT molecular complexity index is 576. The van der Waals surface area contributed by atoms with Gasteiger partial charge in [-0.05, 0) is 30.5 Å². The number of nitrogens with zero attached hydrogens (tertiary/aromatic N) is 3. The number of benzene rings is 1. The van der Waals surface area contributed by atoms with Gasteiger partial charge in [0.15, 0.2) is 0 Å². The molecule has 0 amide bonds. The predicted molar refractivity (Wildman–Crippen MR) is 57.3 cm³/mol. The number of hydrogen-bond acceptors (Lipinski definition) is 3. The Kier molecular flexibility index (Phi) is 1.77. The van der Waals surface area contributed by atoms with Crippen LogP contribution in [0.25, 0.3) is 11.0 Å². The van der Waals surface area contributed by atoms with Gasteiger partial charge in [-0.1, -0.05) is 12.1 Å². The molecule has 1 N–H and O–H groups in total.